The number of urea groups is 1. The molecule has 0 saturated heterocycles. The number of aromatic amines is 1. The number of H-pyrrole nitrogens is 1. The molecule has 9 heteroatoms. The highest BCUT2D eigenvalue weighted by molar-refractivity contribution is 7.98. The SMILES string of the molecule is CSc1cccc(NC(=O)N2CCc3[nH]nc(-c4cc(Cl)c(O)cc4O)c3C2)c1. The molecular weight excluding hydrogens is 412 g/mol. The van der Waals surface area contributed by atoms with Crippen LogP contribution in [0.2, 0.25) is 5.02 Å². The van der Waals surface area contributed by atoms with Gasteiger partial charge in [-0.1, -0.05) is 17.7 Å². The summed E-state index contributed by atoms with van der Waals surface area (Å²) >= 11 is 7.62. The van der Waals surface area contributed by atoms with Gasteiger partial charge in [-0.15, -0.1) is 11.8 Å². The van der Waals surface area contributed by atoms with Crippen LogP contribution >= 0.6 is 23.4 Å². The van der Waals surface area contributed by atoms with Gasteiger partial charge in [-0.05, 0) is 30.5 Å². The Labute approximate surface area is 176 Å². The van der Waals surface area contributed by atoms with Gasteiger partial charge in [-0.3, -0.25) is 5.10 Å². The van der Waals surface area contributed by atoms with E-state index in [9.17, 15) is 15.0 Å². The van der Waals surface area contributed by atoms with Crippen molar-refractivity contribution in [2.75, 3.05) is 18.1 Å². The predicted molar refractivity (Wildman–Crippen MR) is 114 cm³/mol. The molecule has 0 saturated carbocycles. The van der Waals surface area contributed by atoms with Crippen molar-refractivity contribution in [1.82, 2.24) is 15.1 Å². The van der Waals surface area contributed by atoms with E-state index in [-0.39, 0.29) is 22.6 Å². The summed E-state index contributed by atoms with van der Waals surface area (Å²) in [6.07, 6.45) is 2.60. The number of fused-ring (bicyclic) bond motifs is 1. The van der Waals surface area contributed by atoms with Gasteiger partial charge < -0.3 is 20.4 Å². The van der Waals surface area contributed by atoms with E-state index in [1.54, 1.807) is 16.7 Å². The molecular formula is C20H19ClN4O3S. The van der Waals surface area contributed by atoms with Crippen molar-refractivity contribution in [2.24, 2.45) is 0 Å². The predicted octanol–water partition coefficient (Wildman–Crippen LogP) is 4.45. The molecule has 4 N–H and O–H groups in total. The molecule has 3 aromatic rings. The molecule has 29 heavy (non-hydrogen) atoms. The van der Waals surface area contributed by atoms with Crippen LogP contribution in [0.15, 0.2) is 41.3 Å². The highest BCUT2D eigenvalue weighted by Crippen LogP contribution is 2.39. The maximum Gasteiger partial charge on any atom is 0.322 e. The molecule has 0 unspecified atom stereocenters. The van der Waals surface area contributed by atoms with Crippen LogP contribution in [0.25, 0.3) is 11.3 Å². The van der Waals surface area contributed by atoms with Crippen LogP contribution in [0.5, 0.6) is 11.5 Å². The zero-order valence-corrected chi connectivity index (χ0v) is 17.1. The highest BCUT2D eigenvalue weighted by atomic mass is 35.5. The standard InChI is InChI=1S/C20H19ClN4O3S/c1-29-12-4-2-3-11(7-12)22-20(28)25-6-5-16-14(10-25)19(24-23-16)13-8-15(21)18(27)9-17(13)26/h2-4,7-9,26-27H,5-6,10H2,1H3,(H,22,28)(H,23,24). The first-order valence-electron chi connectivity index (χ1n) is 8.94. The zero-order valence-electron chi connectivity index (χ0n) is 15.6. The van der Waals surface area contributed by atoms with Gasteiger partial charge in [0.25, 0.3) is 0 Å². The quantitative estimate of drug-likeness (QED) is 0.460. The number of phenolic OH excluding ortho intramolecular Hbond substituents is 2. The highest BCUT2D eigenvalue weighted by Gasteiger charge is 2.27. The van der Waals surface area contributed by atoms with E-state index in [0.29, 0.717) is 30.8 Å². The zero-order chi connectivity index (χ0) is 20.5. The molecule has 2 aromatic carbocycles. The Hall–Kier alpha value is -2.84. The Morgan fingerprint density at radius 1 is 1.28 bits per heavy atom. The summed E-state index contributed by atoms with van der Waals surface area (Å²) in [4.78, 5) is 15.6. The molecule has 1 aromatic heterocycles. The van der Waals surface area contributed by atoms with Gasteiger partial charge in [-0.25, -0.2) is 4.79 Å². The van der Waals surface area contributed by atoms with Crippen LogP contribution in [0.3, 0.4) is 0 Å². The minimum Gasteiger partial charge on any atom is -0.507 e. The van der Waals surface area contributed by atoms with Gasteiger partial charge in [-0.2, -0.15) is 5.10 Å². The van der Waals surface area contributed by atoms with E-state index >= 15 is 0 Å². The lowest BCUT2D eigenvalue weighted by Crippen LogP contribution is -2.38. The smallest absolute Gasteiger partial charge is 0.322 e. The van der Waals surface area contributed by atoms with Crippen LogP contribution in [-0.4, -0.2) is 44.1 Å². The number of nitrogens with zero attached hydrogens (tertiary/aromatic N) is 2. The molecule has 2 heterocycles. The molecule has 4 rings (SSSR count). The second-order valence-electron chi connectivity index (χ2n) is 6.68. The van der Waals surface area contributed by atoms with Crippen LogP contribution in [0, 0.1) is 0 Å². The molecule has 0 atom stereocenters. The lowest BCUT2D eigenvalue weighted by atomic mass is 10.0. The number of anilines is 1. The monoisotopic (exact) mass is 430 g/mol. The Morgan fingerprint density at radius 2 is 2.10 bits per heavy atom. The first-order valence-corrected chi connectivity index (χ1v) is 10.5. The lowest BCUT2D eigenvalue weighted by Gasteiger charge is -2.27. The van der Waals surface area contributed by atoms with E-state index in [1.807, 2.05) is 30.5 Å². The molecule has 0 aliphatic carbocycles. The first kappa shape index (κ1) is 19.5. The van der Waals surface area contributed by atoms with Crippen LogP contribution in [0.4, 0.5) is 10.5 Å². The Kier molecular flexibility index (Phi) is 5.29. The lowest BCUT2D eigenvalue weighted by molar-refractivity contribution is 0.206. The van der Waals surface area contributed by atoms with Crippen molar-refractivity contribution < 1.29 is 15.0 Å². The third-order valence-corrected chi connectivity index (χ3v) is 5.89. The molecule has 0 radical (unpaired) electrons. The summed E-state index contributed by atoms with van der Waals surface area (Å²) in [5.74, 6) is -0.331. The summed E-state index contributed by atoms with van der Waals surface area (Å²) in [5, 5.41) is 30.3. The molecule has 2 amide bonds. The summed E-state index contributed by atoms with van der Waals surface area (Å²) in [6.45, 7) is 0.887. The normalized spacial score (nSPS) is 13.2. The van der Waals surface area contributed by atoms with Gasteiger partial charge in [0.05, 0.1) is 11.6 Å². The van der Waals surface area contributed by atoms with Crippen molar-refractivity contribution in [1.29, 1.82) is 0 Å². The third kappa shape index (κ3) is 3.86. The molecule has 1 aliphatic rings. The maximum atomic E-state index is 12.8. The van der Waals surface area contributed by atoms with E-state index < -0.39 is 0 Å². The number of benzene rings is 2. The van der Waals surface area contributed by atoms with E-state index in [1.165, 1.54) is 12.1 Å². The van der Waals surface area contributed by atoms with Crippen molar-refractivity contribution in [2.45, 2.75) is 17.9 Å². The summed E-state index contributed by atoms with van der Waals surface area (Å²) in [5.41, 5.74) is 3.39. The number of hydrogen-bond acceptors (Lipinski definition) is 5. The first-order chi connectivity index (χ1) is 14.0. The minimum absolute atomic E-state index is 0.119. The van der Waals surface area contributed by atoms with E-state index in [0.717, 1.165) is 21.8 Å². The van der Waals surface area contributed by atoms with Gasteiger partial charge in [0.15, 0.2) is 0 Å². The number of nitrogens with one attached hydrogen (secondary N) is 2. The number of aromatic hydroxyl groups is 2. The van der Waals surface area contributed by atoms with Crippen LogP contribution in [0.1, 0.15) is 11.3 Å². The molecule has 1 aliphatic heterocycles. The minimum atomic E-state index is -0.203. The van der Waals surface area contributed by atoms with E-state index in [2.05, 4.69) is 15.5 Å². The second kappa shape index (κ2) is 7.88. The number of carbonyl (C=O) groups is 1. The molecule has 7 nitrogen and oxygen atoms in total. The van der Waals surface area contributed by atoms with Crippen molar-refractivity contribution >= 4 is 35.1 Å². The van der Waals surface area contributed by atoms with Crippen molar-refractivity contribution in [3.63, 3.8) is 0 Å². The van der Waals surface area contributed by atoms with Crippen LogP contribution in [-0.2, 0) is 13.0 Å². The van der Waals surface area contributed by atoms with Gasteiger partial charge in [0, 0.05) is 46.4 Å². The van der Waals surface area contributed by atoms with Crippen LogP contribution < -0.4 is 5.32 Å². The largest absolute Gasteiger partial charge is 0.507 e. The third-order valence-electron chi connectivity index (χ3n) is 4.86. The Bertz CT molecular complexity index is 1090. The summed E-state index contributed by atoms with van der Waals surface area (Å²) in [6, 6.07) is 10.1. The fraction of sp³-hybridized carbons (Fsp3) is 0.200. The summed E-state index contributed by atoms with van der Waals surface area (Å²) in [7, 11) is 0. The topological polar surface area (TPSA) is 101 Å². The Morgan fingerprint density at radius 3 is 2.90 bits per heavy atom. The molecule has 0 fully saturated rings. The summed E-state index contributed by atoms with van der Waals surface area (Å²) < 4.78 is 0. The number of phenols is 2. The number of rotatable bonds is 3. The average Bonchev–Trinajstić information content (AvgIpc) is 3.14. The molecule has 0 bridgehead atoms. The number of carbonyl (C=O) groups excluding carboxylic acids is 1. The van der Waals surface area contributed by atoms with Gasteiger partial charge in [0.2, 0.25) is 0 Å². The van der Waals surface area contributed by atoms with Crippen molar-refractivity contribution in [3.05, 3.63) is 52.7 Å². The molecule has 150 valence electrons. The fourth-order valence-electron chi connectivity index (χ4n) is 3.34. The maximum absolute atomic E-state index is 12.8. The fourth-order valence-corrected chi connectivity index (χ4v) is 3.96. The molecule has 0 spiro atoms. The van der Waals surface area contributed by atoms with Crippen molar-refractivity contribution in [3.8, 4) is 22.8 Å². The number of hydrogen-bond donors (Lipinski definition) is 4. The number of thioether (sulfide) groups is 1. The van der Waals surface area contributed by atoms with Gasteiger partial charge in [0.1, 0.15) is 17.2 Å². The number of halogens is 1. The Balaban J connectivity index is 1.58. The van der Waals surface area contributed by atoms with E-state index in [4.69, 9.17) is 11.6 Å². The second-order valence-corrected chi connectivity index (χ2v) is 7.97. The van der Waals surface area contributed by atoms with Gasteiger partial charge >= 0.3 is 6.03 Å². The number of aromatic nitrogens is 2. The number of amides is 2. The average molecular weight is 431 g/mol.